The van der Waals surface area contributed by atoms with Crippen LogP contribution in [0.4, 0.5) is 0 Å². The fourth-order valence-corrected chi connectivity index (χ4v) is 2.04. The summed E-state index contributed by atoms with van der Waals surface area (Å²) in [5, 5.41) is 19.0. The molecule has 5 nitrogen and oxygen atoms in total. The average molecular weight is 302 g/mol. The molecule has 0 aliphatic rings. The molecule has 0 aromatic rings. The number of aliphatic hydroxyl groups is 1. The Balaban J connectivity index is 4.65. The SMILES string of the molecule is CC[C@H](C)[C@H](O)C[C@@H](C)[C@H](C/C=C(\C)C(=O)O)OCOC. The van der Waals surface area contributed by atoms with Crippen molar-refractivity contribution in [2.24, 2.45) is 11.8 Å². The lowest BCUT2D eigenvalue weighted by Gasteiger charge is -2.27. The first-order valence-electron chi connectivity index (χ1n) is 7.52. The summed E-state index contributed by atoms with van der Waals surface area (Å²) in [6.45, 7) is 7.81. The molecule has 0 saturated carbocycles. The molecule has 0 amide bonds. The van der Waals surface area contributed by atoms with Crippen LogP contribution >= 0.6 is 0 Å². The molecule has 2 N–H and O–H groups in total. The quantitative estimate of drug-likeness (QED) is 0.453. The van der Waals surface area contributed by atoms with E-state index in [-0.39, 0.29) is 30.8 Å². The molecule has 0 aliphatic carbocycles. The van der Waals surface area contributed by atoms with Crippen LogP contribution in [0.15, 0.2) is 11.6 Å². The number of rotatable bonds is 11. The van der Waals surface area contributed by atoms with Crippen LogP contribution in [0.2, 0.25) is 0 Å². The fraction of sp³-hybridized carbons (Fsp3) is 0.812. The lowest BCUT2D eigenvalue weighted by atomic mass is 9.89. The molecule has 5 heteroatoms. The van der Waals surface area contributed by atoms with Gasteiger partial charge in [-0.2, -0.15) is 0 Å². The van der Waals surface area contributed by atoms with Gasteiger partial charge < -0.3 is 19.7 Å². The first-order chi connectivity index (χ1) is 9.83. The Morgan fingerprint density at radius 1 is 1.29 bits per heavy atom. The maximum Gasteiger partial charge on any atom is 0.330 e. The van der Waals surface area contributed by atoms with Crippen molar-refractivity contribution < 1.29 is 24.5 Å². The van der Waals surface area contributed by atoms with Crippen molar-refractivity contribution in [3.8, 4) is 0 Å². The Hall–Kier alpha value is -0.910. The zero-order chi connectivity index (χ0) is 16.4. The van der Waals surface area contributed by atoms with Gasteiger partial charge in [-0.3, -0.25) is 0 Å². The first kappa shape index (κ1) is 20.1. The summed E-state index contributed by atoms with van der Waals surface area (Å²) in [5.74, 6) is -0.568. The van der Waals surface area contributed by atoms with E-state index in [0.29, 0.717) is 18.4 Å². The van der Waals surface area contributed by atoms with Crippen LogP contribution < -0.4 is 0 Å². The molecule has 0 radical (unpaired) electrons. The van der Waals surface area contributed by atoms with E-state index in [1.165, 1.54) is 0 Å². The maximum atomic E-state index is 10.8. The molecule has 124 valence electrons. The Morgan fingerprint density at radius 3 is 2.38 bits per heavy atom. The van der Waals surface area contributed by atoms with E-state index < -0.39 is 5.97 Å². The predicted octanol–water partition coefficient (Wildman–Crippen LogP) is 2.83. The minimum Gasteiger partial charge on any atom is -0.478 e. The van der Waals surface area contributed by atoms with Crippen molar-refractivity contribution in [3.05, 3.63) is 11.6 Å². The van der Waals surface area contributed by atoms with Gasteiger partial charge in [-0.05, 0) is 31.6 Å². The lowest BCUT2D eigenvalue weighted by Crippen LogP contribution is -2.29. The number of hydrogen-bond acceptors (Lipinski definition) is 4. The highest BCUT2D eigenvalue weighted by Gasteiger charge is 2.23. The van der Waals surface area contributed by atoms with Crippen molar-refractivity contribution in [3.63, 3.8) is 0 Å². The summed E-state index contributed by atoms with van der Waals surface area (Å²) < 4.78 is 10.6. The smallest absolute Gasteiger partial charge is 0.330 e. The number of carboxylic acids is 1. The van der Waals surface area contributed by atoms with Crippen LogP contribution in [0.5, 0.6) is 0 Å². The lowest BCUT2D eigenvalue weighted by molar-refractivity contribution is -0.132. The molecule has 0 aliphatic heterocycles. The van der Waals surface area contributed by atoms with Crippen LogP contribution in [0.3, 0.4) is 0 Å². The van der Waals surface area contributed by atoms with Crippen molar-refractivity contribution in [1.82, 2.24) is 0 Å². The van der Waals surface area contributed by atoms with Gasteiger partial charge >= 0.3 is 5.97 Å². The van der Waals surface area contributed by atoms with Gasteiger partial charge in [0.2, 0.25) is 0 Å². The number of carbonyl (C=O) groups is 1. The van der Waals surface area contributed by atoms with Gasteiger partial charge in [0, 0.05) is 12.7 Å². The molecule has 0 aromatic heterocycles. The summed E-state index contributed by atoms with van der Waals surface area (Å²) in [6, 6.07) is 0. The van der Waals surface area contributed by atoms with E-state index in [9.17, 15) is 9.90 Å². The Morgan fingerprint density at radius 2 is 1.90 bits per heavy atom. The van der Waals surface area contributed by atoms with Crippen molar-refractivity contribution in [2.45, 2.75) is 59.2 Å². The predicted molar refractivity (Wildman–Crippen MR) is 82.0 cm³/mol. The molecule has 21 heavy (non-hydrogen) atoms. The summed E-state index contributed by atoms with van der Waals surface area (Å²) in [5.41, 5.74) is 0.302. The summed E-state index contributed by atoms with van der Waals surface area (Å²) in [7, 11) is 1.55. The maximum absolute atomic E-state index is 10.8. The number of carboxylic acid groups (broad SMARTS) is 1. The highest BCUT2D eigenvalue weighted by Crippen LogP contribution is 2.22. The molecule has 0 heterocycles. The Labute approximate surface area is 128 Å². The van der Waals surface area contributed by atoms with Crippen molar-refractivity contribution >= 4 is 5.97 Å². The van der Waals surface area contributed by atoms with Gasteiger partial charge in [0.25, 0.3) is 0 Å². The normalized spacial score (nSPS) is 18.1. The fourth-order valence-electron chi connectivity index (χ4n) is 2.04. The number of methoxy groups -OCH3 is 1. The number of aliphatic carboxylic acids is 1. The van der Waals surface area contributed by atoms with E-state index in [2.05, 4.69) is 6.92 Å². The second kappa shape index (κ2) is 10.8. The van der Waals surface area contributed by atoms with E-state index in [1.807, 2.05) is 13.8 Å². The Kier molecular flexibility index (Phi) is 10.3. The number of aliphatic hydroxyl groups excluding tert-OH is 1. The molecular weight excluding hydrogens is 272 g/mol. The summed E-state index contributed by atoms with van der Waals surface area (Å²) >= 11 is 0. The largest absolute Gasteiger partial charge is 0.478 e. The van der Waals surface area contributed by atoms with Crippen LogP contribution in [0, 0.1) is 11.8 Å². The molecule has 0 aromatic carbocycles. The highest BCUT2D eigenvalue weighted by molar-refractivity contribution is 5.85. The first-order valence-corrected chi connectivity index (χ1v) is 7.52. The summed E-state index contributed by atoms with van der Waals surface area (Å²) in [6.07, 6.45) is 3.17. The number of hydrogen-bond donors (Lipinski definition) is 2. The Bertz CT molecular complexity index is 327. The highest BCUT2D eigenvalue weighted by atomic mass is 16.7. The average Bonchev–Trinajstić information content (AvgIpc) is 2.45. The van der Waals surface area contributed by atoms with Gasteiger partial charge in [0.1, 0.15) is 6.79 Å². The molecule has 0 spiro atoms. The van der Waals surface area contributed by atoms with Crippen LogP contribution in [-0.4, -0.2) is 42.3 Å². The van der Waals surface area contributed by atoms with E-state index in [1.54, 1.807) is 20.1 Å². The van der Waals surface area contributed by atoms with Gasteiger partial charge in [-0.15, -0.1) is 0 Å². The third kappa shape index (κ3) is 8.19. The third-order valence-electron chi connectivity index (χ3n) is 3.94. The van der Waals surface area contributed by atoms with Crippen molar-refractivity contribution in [2.75, 3.05) is 13.9 Å². The van der Waals surface area contributed by atoms with Gasteiger partial charge in [0.05, 0.1) is 12.2 Å². The van der Waals surface area contributed by atoms with Crippen molar-refractivity contribution in [1.29, 1.82) is 0 Å². The van der Waals surface area contributed by atoms with Crippen LogP contribution in [0.1, 0.15) is 47.0 Å². The topological polar surface area (TPSA) is 76.0 Å². The molecule has 0 rings (SSSR count). The zero-order valence-electron chi connectivity index (χ0n) is 13.8. The molecule has 0 fully saturated rings. The minimum atomic E-state index is -0.923. The molecule has 4 atom stereocenters. The third-order valence-corrected chi connectivity index (χ3v) is 3.94. The van der Waals surface area contributed by atoms with Gasteiger partial charge in [-0.25, -0.2) is 4.79 Å². The second-order valence-electron chi connectivity index (χ2n) is 5.71. The summed E-state index contributed by atoms with van der Waals surface area (Å²) in [4.78, 5) is 10.8. The van der Waals surface area contributed by atoms with Gasteiger partial charge in [-0.1, -0.05) is 33.3 Å². The van der Waals surface area contributed by atoms with Crippen LogP contribution in [-0.2, 0) is 14.3 Å². The minimum absolute atomic E-state index is 0.113. The number of ether oxygens (including phenoxy) is 2. The second-order valence-corrected chi connectivity index (χ2v) is 5.71. The van der Waals surface area contributed by atoms with E-state index in [4.69, 9.17) is 14.6 Å². The van der Waals surface area contributed by atoms with Crippen LogP contribution in [0.25, 0.3) is 0 Å². The zero-order valence-corrected chi connectivity index (χ0v) is 13.8. The van der Waals surface area contributed by atoms with E-state index >= 15 is 0 Å². The van der Waals surface area contributed by atoms with E-state index in [0.717, 1.165) is 6.42 Å². The molecule has 0 saturated heterocycles. The molecule has 0 bridgehead atoms. The standard InChI is InChI=1S/C16H30O5/c1-6-11(2)14(17)9-13(4)15(21-10-20-5)8-7-12(3)16(18)19/h7,11,13-15,17H,6,8-10H2,1-5H3,(H,18,19)/b12-7+/t11-,13+,14+,15-/m0/s1. The monoisotopic (exact) mass is 302 g/mol. The molecule has 0 unspecified atom stereocenters. The van der Waals surface area contributed by atoms with Gasteiger partial charge in [0.15, 0.2) is 0 Å². The molecular formula is C16H30O5.